The summed E-state index contributed by atoms with van der Waals surface area (Å²) in [6, 6.07) is 2.74. The van der Waals surface area contributed by atoms with Crippen molar-refractivity contribution < 1.29 is 23.9 Å². The summed E-state index contributed by atoms with van der Waals surface area (Å²) in [6.45, 7) is 4.46. The van der Waals surface area contributed by atoms with Crippen molar-refractivity contribution in [2.24, 2.45) is 0 Å². The molecule has 1 aromatic rings. The first-order valence-electron chi connectivity index (χ1n) is 6.77. The van der Waals surface area contributed by atoms with Gasteiger partial charge in [-0.15, -0.1) is 0 Å². The lowest BCUT2D eigenvalue weighted by Gasteiger charge is -2.26. The molecular weight excluding hydrogens is 291 g/mol. The summed E-state index contributed by atoms with van der Waals surface area (Å²) in [5.74, 6) is -2.61. The van der Waals surface area contributed by atoms with Gasteiger partial charge in [-0.1, -0.05) is 0 Å². The van der Waals surface area contributed by atoms with Gasteiger partial charge < -0.3 is 15.3 Å². The predicted octanol–water partition coefficient (Wildman–Crippen LogP) is 1.19. The van der Waals surface area contributed by atoms with E-state index in [9.17, 15) is 18.8 Å². The van der Waals surface area contributed by atoms with Gasteiger partial charge in [0, 0.05) is 25.6 Å². The van der Waals surface area contributed by atoms with Crippen molar-refractivity contribution in [1.29, 1.82) is 0 Å². The molecule has 1 atom stereocenters. The minimum absolute atomic E-state index is 0.0153. The van der Waals surface area contributed by atoms with Crippen LogP contribution in [0.15, 0.2) is 18.2 Å². The largest absolute Gasteiger partial charge is 0.480 e. The summed E-state index contributed by atoms with van der Waals surface area (Å²) in [4.78, 5) is 35.6. The standard InChI is InChI=1S/C15H19FN2O4/c1-9-6-12(8-13(16)7-9)14(20)18(10(2)15(21)22)5-4-17-11(3)19/h6-8,10H,4-5H2,1-3H3,(H,17,19)(H,21,22). The molecule has 6 nitrogen and oxygen atoms in total. The molecule has 120 valence electrons. The average molecular weight is 310 g/mol. The second kappa shape index (κ2) is 7.53. The van der Waals surface area contributed by atoms with Crippen molar-refractivity contribution >= 4 is 17.8 Å². The summed E-state index contributed by atoms with van der Waals surface area (Å²) >= 11 is 0. The number of carboxylic acid groups (broad SMARTS) is 1. The third-order valence-electron chi connectivity index (χ3n) is 3.10. The third-order valence-corrected chi connectivity index (χ3v) is 3.10. The topological polar surface area (TPSA) is 86.7 Å². The molecule has 0 aliphatic carbocycles. The average Bonchev–Trinajstić information content (AvgIpc) is 2.40. The maximum atomic E-state index is 13.4. The van der Waals surface area contributed by atoms with Crippen LogP contribution in [0.4, 0.5) is 4.39 Å². The lowest BCUT2D eigenvalue weighted by molar-refractivity contribution is -0.141. The van der Waals surface area contributed by atoms with E-state index in [1.165, 1.54) is 26.0 Å². The van der Waals surface area contributed by atoms with Crippen molar-refractivity contribution in [1.82, 2.24) is 10.2 Å². The van der Waals surface area contributed by atoms with Gasteiger partial charge in [-0.05, 0) is 37.6 Å². The molecule has 0 aromatic heterocycles. The third kappa shape index (κ3) is 4.83. The van der Waals surface area contributed by atoms with Gasteiger partial charge in [0.15, 0.2) is 0 Å². The van der Waals surface area contributed by atoms with Gasteiger partial charge in [-0.25, -0.2) is 9.18 Å². The van der Waals surface area contributed by atoms with E-state index in [0.29, 0.717) is 5.56 Å². The van der Waals surface area contributed by atoms with Crippen molar-refractivity contribution in [3.63, 3.8) is 0 Å². The highest BCUT2D eigenvalue weighted by Crippen LogP contribution is 2.13. The van der Waals surface area contributed by atoms with Gasteiger partial charge in [-0.2, -0.15) is 0 Å². The van der Waals surface area contributed by atoms with Gasteiger partial charge >= 0.3 is 5.97 Å². The van der Waals surface area contributed by atoms with Crippen LogP contribution in [0.1, 0.15) is 29.8 Å². The van der Waals surface area contributed by atoms with E-state index in [4.69, 9.17) is 5.11 Å². The van der Waals surface area contributed by atoms with Gasteiger partial charge in [0.1, 0.15) is 11.9 Å². The van der Waals surface area contributed by atoms with Crippen LogP contribution in [0.25, 0.3) is 0 Å². The van der Waals surface area contributed by atoms with Crippen LogP contribution in [-0.4, -0.2) is 46.9 Å². The summed E-state index contributed by atoms with van der Waals surface area (Å²) in [5.41, 5.74) is 0.640. The van der Waals surface area contributed by atoms with E-state index in [1.807, 2.05) is 0 Å². The molecule has 22 heavy (non-hydrogen) atoms. The van der Waals surface area contributed by atoms with E-state index >= 15 is 0 Å². The van der Waals surface area contributed by atoms with Gasteiger partial charge in [-0.3, -0.25) is 9.59 Å². The highest BCUT2D eigenvalue weighted by Gasteiger charge is 2.26. The monoisotopic (exact) mass is 310 g/mol. The normalized spacial score (nSPS) is 11.6. The number of hydrogen-bond acceptors (Lipinski definition) is 3. The smallest absolute Gasteiger partial charge is 0.326 e. The van der Waals surface area contributed by atoms with Crippen LogP contribution in [-0.2, 0) is 9.59 Å². The Bertz CT molecular complexity index is 569. The number of carboxylic acids is 1. The van der Waals surface area contributed by atoms with Crippen molar-refractivity contribution in [3.05, 3.63) is 35.1 Å². The van der Waals surface area contributed by atoms with E-state index in [-0.39, 0.29) is 24.6 Å². The fourth-order valence-electron chi connectivity index (χ4n) is 1.98. The molecule has 0 spiro atoms. The SMILES string of the molecule is CC(=O)NCCN(C(=O)c1cc(C)cc(F)c1)C(C)C(=O)O. The quantitative estimate of drug-likeness (QED) is 0.826. The Kier molecular flexibility index (Phi) is 6.03. The second-order valence-corrected chi connectivity index (χ2v) is 5.01. The molecule has 0 aliphatic rings. The van der Waals surface area contributed by atoms with Gasteiger partial charge in [0.25, 0.3) is 5.91 Å². The number of carbonyl (C=O) groups excluding carboxylic acids is 2. The molecule has 1 unspecified atom stereocenters. The molecule has 1 aromatic carbocycles. The molecule has 0 saturated heterocycles. The van der Waals surface area contributed by atoms with Crippen LogP contribution < -0.4 is 5.32 Å². The fourth-order valence-corrected chi connectivity index (χ4v) is 1.98. The van der Waals surface area contributed by atoms with E-state index in [2.05, 4.69) is 5.32 Å². The number of aryl methyl sites for hydroxylation is 1. The molecule has 1 rings (SSSR count). The van der Waals surface area contributed by atoms with Gasteiger partial charge in [0.05, 0.1) is 0 Å². The number of nitrogens with zero attached hydrogens (tertiary/aromatic N) is 1. The summed E-state index contributed by atoms with van der Waals surface area (Å²) in [7, 11) is 0. The molecule has 0 heterocycles. The Hall–Kier alpha value is -2.44. The zero-order valence-corrected chi connectivity index (χ0v) is 12.7. The lowest BCUT2D eigenvalue weighted by atomic mass is 10.1. The molecule has 0 fully saturated rings. The number of nitrogens with one attached hydrogen (secondary N) is 1. The number of rotatable bonds is 6. The minimum atomic E-state index is -1.18. The predicted molar refractivity (Wildman–Crippen MR) is 78.0 cm³/mol. The molecule has 0 saturated carbocycles. The number of amides is 2. The Morgan fingerprint density at radius 2 is 1.95 bits per heavy atom. The molecule has 2 amide bonds. The van der Waals surface area contributed by atoms with Crippen molar-refractivity contribution in [2.75, 3.05) is 13.1 Å². The Morgan fingerprint density at radius 1 is 1.32 bits per heavy atom. The zero-order valence-electron chi connectivity index (χ0n) is 12.7. The van der Waals surface area contributed by atoms with Crippen LogP contribution in [0.3, 0.4) is 0 Å². The molecule has 0 radical (unpaired) electrons. The maximum Gasteiger partial charge on any atom is 0.326 e. The van der Waals surface area contributed by atoms with E-state index in [1.54, 1.807) is 6.92 Å². The Balaban J connectivity index is 3.00. The Morgan fingerprint density at radius 3 is 2.45 bits per heavy atom. The van der Waals surface area contributed by atoms with E-state index in [0.717, 1.165) is 11.0 Å². The highest BCUT2D eigenvalue weighted by atomic mass is 19.1. The first kappa shape index (κ1) is 17.6. The molecule has 2 N–H and O–H groups in total. The number of benzene rings is 1. The highest BCUT2D eigenvalue weighted by molar-refractivity contribution is 5.96. The molecular formula is C15H19FN2O4. The van der Waals surface area contributed by atoms with Crippen LogP contribution in [0, 0.1) is 12.7 Å². The van der Waals surface area contributed by atoms with Crippen LogP contribution in [0.5, 0.6) is 0 Å². The van der Waals surface area contributed by atoms with Crippen molar-refractivity contribution in [2.45, 2.75) is 26.8 Å². The first-order valence-corrected chi connectivity index (χ1v) is 6.77. The number of hydrogen-bond donors (Lipinski definition) is 2. The fraction of sp³-hybridized carbons (Fsp3) is 0.400. The van der Waals surface area contributed by atoms with E-state index < -0.39 is 23.7 Å². The molecule has 0 bridgehead atoms. The summed E-state index contributed by atoms with van der Waals surface area (Å²) in [6.07, 6.45) is 0. The Labute approximate surface area is 127 Å². The lowest BCUT2D eigenvalue weighted by Crippen LogP contribution is -2.46. The zero-order chi connectivity index (χ0) is 16.9. The number of halogens is 1. The molecule has 0 aliphatic heterocycles. The maximum absolute atomic E-state index is 13.4. The molecule has 7 heteroatoms. The minimum Gasteiger partial charge on any atom is -0.480 e. The first-order chi connectivity index (χ1) is 10.2. The van der Waals surface area contributed by atoms with Crippen molar-refractivity contribution in [3.8, 4) is 0 Å². The number of carbonyl (C=O) groups is 3. The van der Waals surface area contributed by atoms with Gasteiger partial charge in [0.2, 0.25) is 5.91 Å². The number of aliphatic carboxylic acids is 1. The van der Waals surface area contributed by atoms with Crippen LogP contribution >= 0.6 is 0 Å². The van der Waals surface area contributed by atoms with Crippen LogP contribution in [0.2, 0.25) is 0 Å². The summed E-state index contributed by atoms with van der Waals surface area (Å²) < 4.78 is 13.4. The summed E-state index contributed by atoms with van der Waals surface area (Å²) in [5, 5.41) is 11.6. The second-order valence-electron chi connectivity index (χ2n) is 5.01.